The van der Waals surface area contributed by atoms with Gasteiger partial charge in [0.2, 0.25) is 17.6 Å². The molecule has 1 unspecified atom stereocenters. The van der Waals surface area contributed by atoms with Crippen LogP contribution < -0.4 is 5.32 Å². The van der Waals surface area contributed by atoms with Crippen molar-refractivity contribution in [3.05, 3.63) is 64.7 Å². The van der Waals surface area contributed by atoms with E-state index in [0.717, 1.165) is 29.4 Å². The second-order valence-electron chi connectivity index (χ2n) is 7.06. The molecular formula is C21H20BrFN4O2. The summed E-state index contributed by atoms with van der Waals surface area (Å²) in [6.07, 6.45) is 1.65. The molecule has 2 aromatic carbocycles. The third kappa shape index (κ3) is 4.89. The Morgan fingerprint density at radius 3 is 2.83 bits per heavy atom. The number of piperidine rings is 1. The number of hydrogen-bond donors (Lipinski definition) is 1. The predicted molar refractivity (Wildman–Crippen MR) is 110 cm³/mol. The van der Waals surface area contributed by atoms with Crippen LogP contribution >= 0.6 is 15.9 Å². The van der Waals surface area contributed by atoms with Crippen molar-refractivity contribution in [1.29, 1.82) is 0 Å². The van der Waals surface area contributed by atoms with Crippen molar-refractivity contribution >= 4 is 27.5 Å². The monoisotopic (exact) mass is 458 g/mol. The first-order valence-electron chi connectivity index (χ1n) is 9.45. The Bertz CT molecular complexity index is 992. The molecule has 8 heteroatoms. The zero-order valence-electron chi connectivity index (χ0n) is 15.6. The van der Waals surface area contributed by atoms with E-state index in [0.29, 0.717) is 24.8 Å². The van der Waals surface area contributed by atoms with Gasteiger partial charge in [-0.3, -0.25) is 9.69 Å². The van der Waals surface area contributed by atoms with Crippen LogP contribution in [0.1, 0.15) is 18.7 Å². The lowest BCUT2D eigenvalue weighted by Crippen LogP contribution is -2.40. The molecule has 0 bridgehead atoms. The SMILES string of the molecule is O=C(Nc1ccccc1F)C1CCCN(Cc2nc(-c3ccc(Br)cc3)no2)C1. The number of aromatic nitrogens is 2. The summed E-state index contributed by atoms with van der Waals surface area (Å²) in [7, 11) is 0. The molecule has 6 nitrogen and oxygen atoms in total. The van der Waals surface area contributed by atoms with E-state index in [1.54, 1.807) is 18.2 Å². The van der Waals surface area contributed by atoms with Crippen molar-refractivity contribution in [3.63, 3.8) is 0 Å². The van der Waals surface area contributed by atoms with E-state index >= 15 is 0 Å². The fourth-order valence-corrected chi connectivity index (χ4v) is 3.70. The lowest BCUT2D eigenvalue weighted by atomic mass is 9.97. The van der Waals surface area contributed by atoms with E-state index in [1.807, 2.05) is 24.3 Å². The van der Waals surface area contributed by atoms with E-state index in [1.165, 1.54) is 6.07 Å². The molecule has 1 aromatic heterocycles. The van der Waals surface area contributed by atoms with Gasteiger partial charge in [0.1, 0.15) is 5.82 Å². The van der Waals surface area contributed by atoms with Crippen LogP contribution in [0.15, 0.2) is 57.5 Å². The van der Waals surface area contributed by atoms with Crippen molar-refractivity contribution in [2.75, 3.05) is 18.4 Å². The summed E-state index contributed by atoms with van der Waals surface area (Å²) in [5.41, 5.74) is 1.09. The zero-order chi connectivity index (χ0) is 20.2. The number of carbonyl (C=O) groups is 1. The molecule has 0 aliphatic carbocycles. The van der Waals surface area contributed by atoms with Gasteiger partial charge in [-0.25, -0.2) is 4.39 Å². The molecule has 1 aliphatic heterocycles. The number of likely N-dealkylation sites (tertiary alicyclic amines) is 1. The maximum Gasteiger partial charge on any atom is 0.241 e. The van der Waals surface area contributed by atoms with Crippen molar-refractivity contribution in [2.45, 2.75) is 19.4 Å². The second-order valence-corrected chi connectivity index (χ2v) is 7.98. The molecule has 1 saturated heterocycles. The molecular weight excluding hydrogens is 439 g/mol. The minimum Gasteiger partial charge on any atom is -0.338 e. The van der Waals surface area contributed by atoms with Gasteiger partial charge in [-0.1, -0.05) is 33.2 Å². The predicted octanol–water partition coefficient (Wildman–Crippen LogP) is 4.49. The van der Waals surface area contributed by atoms with Crippen molar-refractivity contribution in [1.82, 2.24) is 15.0 Å². The third-order valence-electron chi connectivity index (χ3n) is 4.94. The highest BCUT2D eigenvalue weighted by Gasteiger charge is 2.27. The number of carbonyl (C=O) groups excluding carboxylic acids is 1. The maximum absolute atomic E-state index is 13.8. The Morgan fingerprint density at radius 2 is 2.03 bits per heavy atom. The lowest BCUT2D eigenvalue weighted by Gasteiger charge is -2.30. The van der Waals surface area contributed by atoms with Crippen LogP contribution in [0.2, 0.25) is 0 Å². The molecule has 0 saturated carbocycles. The van der Waals surface area contributed by atoms with Gasteiger partial charge in [0.05, 0.1) is 18.2 Å². The van der Waals surface area contributed by atoms with Gasteiger partial charge in [0, 0.05) is 16.6 Å². The van der Waals surface area contributed by atoms with Crippen LogP contribution in [0.25, 0.3) is 11.4 Å². The third-order valence-corrected chi connectivity index (χ3v) is 5.47. The Hall–Kier alpha value is -2.58. The molecule has 3 aromatic rings. The molecule has 1 N–H and O–H groups in total. The van der Waals surface area contributed by atoms with Crippen LogP contribution in [0.3, 0.4) is 0 Å². The standard InChI is InChI=1S/C21H20BrFN4O2/c22-16-9-7-14(8-10-16)20-25-19(29-26-20)13-27-11-3-4-15(12-27)21(28)24-18-6-2-1-5-17(18)23/h1-2,5-10,15H,3-4,11-13H2,(H,24,28). The zero-order valence-corrected chi connectivity index (χ0v) is 17.2. The van der Waals surface area contributed by atoms with Crippen LogP contribution in [0.5, 0.6) is 0 Å². The number of benzene rings is 2. The average Bonchev–Trinajstić information content (AvgIpc) is 3.19. The molecule has 2 heterocycles. The van der Waals surface area contributed by atoms with Crippen molar-refractivity contribution in [2.24, 2.45) is 5.92 Å². The highest BCUT2D eigenvalue weighted by molar-refractivity contribution is 9.10. The smallest absolute Gasteiger partial charge is 0.241 e. The highest BCUT2D eigenvalue weighted by Crippen LogP contribution is 2.23. The van der Waals surface area contributed by atoms with Gasteiger partial charge in [0.25, 0.3) is 0 Å². The molecule has 150 valence electrons. The Balaban J connectivity index is 1.37. The van der Waals surface area contributed by atoms with Crippen LogP contribution in [-0.4, -0.2) is 34.0 Å². The number of anilines is 1. The molecule has 0 radical (unpaired) electrons. The fourth-order valence-electron chi connectivity index (χ4n) is 3.44. The van der Waals surface area contributed by atoms with E-state index in [4.69, 9.17) is 4.52 Å². The van der Waals surface area contributed by atoms with Gasteiger partial charge >= 0.3 is 0 Å². The number of rotatable bonds is 5. The number of hydrogen-bond acceptors (Lipinski definition) is 5. The Kier molecular flexibility index (Phi) is 6.01. The first-order valence-corrected chi connectivity index (χ1v) is 10.2. The lowest BCUT2D eigenvalue weighted by molar-refractivity contribution is -0.121. The normalized spacial score (nSPS) is 17.2. The van der Waals surface area contributed by atoms with Crippen LogP contribution in [0.4, 0.5) is 10.1 Å². The van der Waals surface area contributed by atoms with Gasteiger partial charge in [0.15, 0.2) is 0 Å². The summed E-state index contributed by atoms with van der Waals surface area (Å²) in [4.78, 5) is 19.2. The average molecular weight is 459 g/mol. The quantitative estimate of drug-likeness (QED) is 0.609. The second kappa shape index (κ2) is 8.84. The van der Waals surface area contributed by atoms with Gasteiger partial charge in [-0.2, -0.15) is 4.98 Å². The van der Waals surface area contributed by atoms with E-state index in [2.05, 4.69) is 36.3 Å². The molecule has 1 fully saturated rings. The first kappa shape index (κ1) is 19.7. The minimum absolute atomic E-state index is 0.166. The summed E-state index contributed by atoms with van der Waals surface area (Å²) in [6.45, 7) is 1.89. The Morgan fingerprint density at radius 1 is 1.24 bits per heavy atom. The van der Waals surface area contributed by atoms with E-state index < -0.39 is 5.82 Å². The van der Waals surface area contributed by atoms with Crippen LogP contribution in [0, 0.1) is 11.7 Å². The molecule has 29 heavy (non-hydrogen) atoms. The van der Waals surface area contributed by atoms with Crippen LogP contribution in [-0.2, 0) is 11.3 Å². The Labute approximate surface area is 176 Å². The summed E-state index contributed by atoms with van der Waals surface area (Å²) < 4.78 is 20.2. The molecule has 1 aliphatic rings. The van der Waals surface area contributed by atoms with Gasteiger partial charge in [-0.15, -0.1) is 0 Å². The minimum atomic E-state index is -0.431. The summed E-state index contributed by atoms with van der Waals surface area (Å²) >= 11 is 3.41. The molecule has 1 amide bonds. The fraction of sp³-hybridized carbons (Fsp3) is 0.286. The van der Waals surface area contributed by atoms with Gasteiger partial charge < -0.3 is 9.84 Å². The summed E-state index contributed by atoms with van der Waals surface area (Å²) in [5.74, 6) is 0.245. The van der Waals surface area contributed by atoms with Gasteiger partial charge in [-0.05, 0) is 55.8 Å². The highest BCUT2D eigenvalue weighted by atomic mass is 79.9. The number of amides is 1. The van der Waals surface area contributed by atoms with Crippen molar-refractivity contribution in [3.8, 4) is 11.4 Å². The first-order chi connectivity index (χ1) is 14.1. The maximum atomic E-state index is 13.8. The van der Waals surface area contributed by atoms with Crippen molar-refractivity contribution < 1.29 is 13.7 Å². The van der Waals surface area contributed by atoms with E-state index in [9.17, 15) is 9.18 Å². The number of halogens is 2. The number of nitrogens with zero attached hydrogens (tertiary/aromatic N) is 3. The number of nitrogens with one attached hydrogen (secondary N) is 1. The van der Waals surface area contributed by atoms with E-state index in [-0.39, 0.29) is 17.5 Å². The topological polar surface area (TPSA) is 71.3 Å². The number of para-hydroxylation sites is 1. The molecule has 4 rings (SSSR count). The summed E-state index contributed by atoms with van der Waals surface area (Å²) in [5, 5.41) is 6.75. The largest absolute Gasteiger partial charge is 0.338 e. The molecule has 0 spiro atoms. The molecule has 1 atom stereocenters. The summed E-state index contributed by atoms with van der Waals surface area (Å²) in [6, 6.07) is 13.9.